The van der Waals surface area contributed by atoms with Crippen LogP contribution in [0.1, 0.15) is 0 Å². The number of benzene rings is 10. The SMILES string of the molecule is c1ccc(-c2ccc3c(c2)c2ccccc2n3-c2cccc(-c3nc(-c4ccccc4)nc(-c4ccc(-c5ccc(-c6ccccc6)c(-n6c7ccccc7c7ccccc76)c5)cc4)n3)c2)cc1. The van der Waals surface area contributed by atoms with Crippen LogP contribution < -0.4 is 0 Å². The molecule has 0 saturated carbocycles. The van der Waals surface area contributed by atoms with Crippen LogP contribution in [0.25, 0.3) is 123 Å². The topological polar surface area (TPSA) is 48.5 Å². The molecule has 0 aliphatic heterocycles. The summed E-state index contributed by atoms with van der Waals surface area (Å²) >= 11 is 0. The minimum absolute atomic E-state index is 0.610. The molecule has 0 N–H and O–H groups in total. The highest BCUT2D eigenvalue weighted by atomic mass is 15.0. The molecule has 0 saturated heterocycles. The second kappa shape index (κ2) is 16.4. The zero-order chi connectivity index (χ0) is 45.0. The molecule has 0 amide bonds. The van der Waals surface area contributed by atoms with Gasteiger partial charge in [0.25, 0.3) is 0 Å². The number of hydrogen-bond donors (Lipinski definition) is 0. The first-order valence-corrected chi connectivity index (χ1v) is 23.0. The molecule has 13 rings (SSSR count). The molecule has 0 fully saturated rings. The molecule has 0 atom stereocenters. The molecule has 5 nitrogen and oxygen atoms in total. The van der Waals surface area contributed by atoms with Gasteiger partial charge in [-0.1, -0.05) is 200 Å². The van der Waals surface area contributed by atoms with Gasteiger partial charge in [0, 0.05) is 49.5 Å². The molecule has 0 radical (unpaired) electrons. The average molecular weight is 868 g/mol. The predicted octanol–water partition coefficient (Wildman–Crippen LogP) is 16.1. The summed E-state index contributed by atoms with van der Waals surface area (Å²) in [6.07, 6.45) is 0. The molecule has 0 unspecified atom stereocenters. The molecule has 10 aromatic carbocycles. The van der Waals surface area contributed by atoms with Gasteiger partial charge in [-0.3, -0.25) is 0 Å². The van der Waals surface area contributed by atoms with Crippen LogP contribution in [0.4, 0.5) is 0 Å². The molecule has 0 bridgehead atoms. The maximum Gasteiger partial charge on any atom is 0.164 e. The minimum atomic E-state index is 0.610. The van der Waals surface area contributed by atoms with Crippen LogP contribution in [0.5, 0.6) is 0 Å². The Hall–Kier alpha value is -9.19. The van der Waals surface area contributed by atoms with Crippen molar-refractivity contribution in [3.63, 3.8) is 0 Å². The first-order chi connectivity index (χ1) is 33.7. The summed E-state index contributed by atoms with van der Waals surface area (Å²) in [5, 5.41) is 4.89. The highest BCUT2D eigenvalue weighted by Gasteiger charge is 2.19. The fraction of sp³-hybridized carbons (Fsp3) is 0. The van der Waals surface area contributed by atoms with E-state index in [2.05, 4.69) is 240 Å². The zero-order valence-corrected chi connectivity index (χ0v) is 36.9. The van der Waals surface area contributed by atoms with Crippen LogP contribution in [-0.2, 0) is 0 Å². The largest absolute Gasteiger partial charge is 0.309 e. The third kappa shape index (κ3) is 6.76. The van der Waals surface area contributed by atoms with E-state index in [1.54, 1.807) is 0 Å². The van der Waals surface area contributed by atoms with Crippen molar-refractivity contribution in [2.45, 2.75) is 0 Å². The van der Waals surface area contributed by atoms with Crippen molar-refractivity contribution >= 4 is 43.6 Å². The van der Waals surface area contributed by atoms with E-state index in [0.717, 1.165) is 50.2 Å². The van der Waals surface area contributed by atoms with Gasteiger partial charge >= 0.3 is 0 Å². The molecular weight excluding hydrogens is 827 g/mol. The Balaban J connectivity index is 0.911. The van der Waals surface area contributed by atoms with Crippen LogP contribution in [0.15, 0.2) is 249 Å². The lowest BCUT2D eigenvalue weighted by Crippen LogP contribution is -2.01. The third-order valence-electron chi connectivity index (χ3n) is 13.2. The number of nitrogens with zero attached hydrogens (tertiary/aromatic N) is 5. The monoisotopic (exact) mass is 867 g/mol. The molecular formula is C63H41N5. The summed E-state index contributed by atoms with van der Waals surface area (Å²) in [6, 6.07) is 88.2. The number of rotatable bonds is 8. The van der Waals surface area contributed by atoms with Gasteiger partial charge in [-0.25, -0.2) is 15.0 Å². The lowest BCUT2D eigenvalue weighted by Gasteiger charge is -2.16. The van der Waals surface area contributed by atoms with Crippen LogP contribution in [0, 0.1) is 0 Å². The highest BCUT2D eigenvalue weighted by Crippen LogP contribution is 2.40. The highest BCUT2D eigenvalue weighted by molar-refractivity contribution is 6.11. The minimum Gasteiger partial charge on any atom is -0.309 e. The van der Waals surface area contributed by atoms with Gasteiger partial charge in [0.15, 0.2) is 17.5 Å². The molecule has 0 aliphatic carbocycles. The lowest BCUT2D eigenvalue weighted by molar-refractivity contribution is 1.07. The van der Waals surface area contributed by atoms with Crippen LogP contribution in [0.2, 0.25) is 0 Å². The Morgan fingerprint density at radius 1 is 0.235 bits per heavy atom. The maximum absolute atomic E-state index is 5.21. The second-order valence-electron chi connectivity index (χ2n) is 17.2. The Morgan fingerprint density at radius 2 is 0.647 bits per heavy atom. The standard InChI is InChI=1S/C63H41N5/c1-4-17-42(18-5-1)47-36-38-59-55(40-47)54-27-12-13-28-56(54)67(59)50-24-16-23-49(39-50)63-65-61(45-21-8-3-9-22-45)64-62(66-63)46-33-31-43(32-34-46)48-35-37-51(44-19-6-2-7-20-44)60(41-48)68-57-29-14-10-25-52(57)53-26-11-15-30-58(53)68/h1-41H. The zero-order valence-electron chi connectivity index (χ0n) is 36.9. The average Bonchev–Trinajstić information content (AvgIpc) is 3.94. The van der Waals surface area contributed by atoms with Crippen molar-refractivity contribution in [2.75, 3.05) is 0 Å². The molecule has 3 heterocycles. The fourth-order valence-electron chi connectivity index (χ4n) is 9.95. The number of fused-ring (bicyclic) bond motifs is 6. The van der Waals surface area contributed by atoms with Gasteiger partial charge in [0.2, 0.25) is 0 Å². The van der Waals surface area contributed by atoms with Crippen LogP contribution in [-0.4, -0.2) is 24.1 Å². The van der Waals surface area contributed by atoms with E-state index in [1.165, 1.54) is 54.8 Å². The molecule has 318 valence electrons. The van der Waals surface area contributed by atoms with E-state index in [1.807, 2.05) is 18.2 Å². The Labute approximate surface area is 393 Å². The van der Waals surface area contributed by atoms with Gasteiger partial charge in [-0.15, -0.1) is 0 Å². The van der Waals surface area contributed by atoms with E-state index >= 15 is 0 Å². The molecule has 68 heavy (non-hydrogen) atoms. The number of aromatic nitrogens is 5. The smallest absolute Gasteiger partial charge is 0.164 e. The third-order valence-corrected chi connectivity index (χ3v) is 13.2. The molecule has 5 heteroatoms. The Kier molecular flexibility index (Phi) is 9.43. The van der Waals surface area contributed by atoms with E-state index in [4.69, 9.17) is 15.0 Å². The molecule has 0 aliphatic rings. The van der Waals surface area contributed by atoms with Crippen molar-refractivity contribution in [1.29, 1.82) is 0 Å². The predicted molar refractivity (Wildman–Crippen MR) is 281 cm³/mol. The lowest BCUT2D eigenvalue weighted by atomic mass is 9.97. The van der Waals surface area contributed by atoms with Gasteiger partial charge in [-0.2, -0.15) is 0 Å². The summed E-state index contributed by atoms with van der Waals surface area (Å²) < 4.78 is 4.77. The second-order valence-corrected chi connectivity index (χ2v) is 17.2. The summed E-state index contributed by atoms with van der Waals surface area (Å²) in [5.74, 6) is 1.85. The van der Waals surface area contributed by atoms with Gasteiger partial charge in [0.1, 0.15) is 0 Å². The van der Waals surface area contributed by atoms with Crippen LogP contribution in [0.3, 0.4) is 0 Å². The molecule has 13 aromatic rings. The van der Waals surface area contributed by atoms with Gasteiger partial charge < -0.3 is 9.13 Å². The number of hydrogen-bond acceptors (Lipinski definition) is 3. The van der Waals surface area contributed by atoms with Gasteiger partial charge in [-0.05, 0) is 76.3 Å². The summed E-state index contributed by atoms with van der Waals surface area (Å²) in [5.41, 5.74) is 16.5. The quantitative estimate of drug-likeness (QED) is 0.153. The number of para-hydroxylation sites is 3. The van der Waals surface area contributed by atoms with Crippen molar-refractivity contribution in [1.82, 2.24) is 24.1 Å². The van der Waals surface area contributed by atoms with E-state index in [9.17, 15) is 0 Å². The molecule has 0 spiro atoms. The Bertz CT molecular complexity index is 3950. The fourth-order valence-corrected chi connectivity index (χ4v) is 9.95. The maximum atomic E-state index is 5.21. The first-order valence-electron chi connectivity index (χ1n) is 23.0. The van der Waals surface area contributed by atoms with Crippen molar-refractivity contribution in [2.24, 2.45) is 0 Å². The van der Waals surface area contributed by atoms with Crippen molar-refractivity contribution < 1.29 is 0 Å². The van der Waals surface area contributed by atoms with Crippen molar-refractivity contribution in [3.8, 4) is 78.9 Å². The van der Waals surface area contributed by atoms with Crippen molar-refractivity contribution in [3.05, 3.63) is 249 Å². The van der Waals surface area contributed by atoms with E-state index in [0.29, 0.717) is 17.5 Å². The van der Waals surface area contributed by atoms with E-state index < -0.39 is 0 Å². The summed E-state index contributed by atoms with van der Waals surface area (Å²) in [4.78, 5) is 15.5. The first kappa shape index (κ1) is 39.2. The molecule has 3 aromatic heterocycles. The summed E-state index contributed by atoms with van der Waals surface area (Å²) in [7, 11) is 0. The summed E-state index contributed by atoms with van der Waals surface area (Å²) in [6.45, 7) is 0. The van der Waals surface area contributed by atoms with Gasteiger partial charge in [0.05, 0.1) is 27.8 Å². The van der Waals surface area contributed by atoms with E-state index in [-0.39, 0.29) is 0 Å². The van der Waals surface area contributed by atoms with Crippen LogP contribution >= 0.6 is 0 Å². The Morgan fingerprint density at radius 3 is 1.28 bits per heavy atom. The normalized spacial score (nSPS) is 11.5.